The van der Waals surface area contributed by atoms with Gasteiger partial charge in [0.05, 0.1) is 6.10 Å². The van der Waals surface area contributed by atoms with Crippen LogP contribution in [0.15, 0.2) is 0 Å². The largest absolute Gasteiger partial charge is 0.393 e. The molecule has 0 amide bonds. The molecular weight excluding hydrogens is 124 g/mol. The van der Waals surface area contributed by atoms with Gasteiger partial charge in [0.2, 0.25) is 0 Å². The van der Waals surface area contributed by atoms with Gasteiger partial charge in [-0.2, -0.15) is 0 Å². The molecule has 2 fully saturated rings. The molecule has 10 heavy (non-hydrogen) atoms. The van der Waals surface area contributed by atoms with Crippen LogP contribution in [0.3, 0.4) is 0 Å². The van der Waals surface area contributed by atoms with Crippen LogP contribution in [0.1, 0.15) is 33.1 Å². The van der Waals surface area contributed by atoms with E-state index in [0.717, 1.165) is 12.3 Å². The molecule has 2 aliphatic rings. The van der Waals surface area contributed by atoms with Gasteiger partial charge in [-0.25, -0.2) is 0 Å². The molecule has 2 bridgehead atoms. The van der Waals surface area contributed by atoms with Crippen molar-refractivity contribution < 1.29 is 5.11 Å². The highest BCUT2D eigenvalue weighted by molar-refractivity contribution is 5.02. The summed E-state index contributed by atoms with van der Waals surface area (Å²) in [6, 6.07) is 0. The molecule has 2 saturated carbocycles. The number of fused-ring (bicyclic) bond motifs is 2. The van der Waals surface area contributed by atoms with E-state index < -0.39 is 0 Å². The molecule has 2 rings (SSSR count). The standard InChI is InChI=1S/C9H16O/c1-9(2)6-3-4-7(9)8(10)5-6/h6-8,10H,3-5H2,1-2H3/t6-,7+,8-/m1/s1. The van der Waals surface area contributed by atoms with Crippen molar-refractivity contribution in [2.45, 2.75) is 39.2 Å². The monoisotopic (exact) mass is 140 g/mol. The van der Waals surface area contributed by atoms with E-state index in [-0.39, 0.29) is 6.10 Å². The van der Waals surface area contributed by atoms with Gasteiger partial charge in [-0.3, -0.25) is 0 Å². The van der Waals surface area contributed by atoms with Crippen LogP contribution in [-0.4, -0.2) is 11.2 Å². The summed E-state index contributed by atoms with van der Waals surface area (Å²) in [5, 5.41) is 9.55. The zero-order valence-electron chi connectivity index (χ0n) is 6.80. The molecule has 3 atom stereocenters. The number of aliphatic hydroxyl groups excluding tert-OH is 1. The molecule has 0 aromatic heterocycles. The second-order valence-electron chi connectivity index (χ2n) is 4.51. The van der Waals surface area contributed by atoms with Crippen LogP contribution in [0.5, 0.6) is 0 Å². The van der Waals surface area contributed by atoms with Gasteiger partial charge in [0.1, 0.15) is 0 Å². The average Bonchev–Trinajstić information content (AvgIpc) is 2.20. The van der Waals surface area contributed by atoms with Gasteiger partial charge >= 0.3 is 0 Å². The molecule has 0 heterocycles. The number of rotatable bonds is 0. The Balaban J connectivity index is 2.27. The van der Waals surface area contributed by atoms with Gasteiger partial charge in [-0.05, 0) is 36.5 Å². The zero-order chi connectivity index (χ0) is 7.35. The zero-order valence-corrected chi connectivity index (χ0v) is 6.80. The third-order valence-electron chi connectivity index (χ3n) is 3.82. The predicted molar refractivity (Wildman–Crippen MR) is 40.6 cm³/mol. The maximum atomic E-state index is 9.55. The van der Waals surface area contributed by atoms with Crippen LogP contribution in [0, 0.1) is 17.3 Å². The van der Waals surface area contributed by atoms with Crippen LogP contribution in [0.2, 0.25) is 0 Å². The van der Waals surface area contributed by atoms with Gasteiger partial charge in [-0.15, -0.1) is 0 Å². The molecule has 58 valence electrons. The van der Waals surface area contributed by atoms with E-state index in [1.165, 1.54) is 12.8 Å². The second kappa shape index (κ2) is 1.76. The lowest BCUT2D eigenvalue weighted by molar-refractivity contribution is 0.0949. The summed E-state index contributed by atoms with van der Waals surface area (Å²) in [6.07, 6.45) is 3.71. The van der Waals surface area contributed by atoms with Crippen molar-refractivity contribution in [1.29, 1.82) is 0 Å². The SMILES string of the molecule is CC1(C)[C@@H]2CC[C@H]1[C@H](O)C2. The minimum absolute atomic E-state index is 0.0220. The summed E-state index contributed by atoms with van der Waals surface area (Å²) in [7, 11) is 0. The van der Waals surface area contributed by atoms with Gasteiger partial charge in [0.25, 0.3) is 0 Å². The Bertz CT molecular complexity index is 151. The van der Waals surface area contributed by atoms with Gasteiger partial charge in [-0.1, -0.05) is 13.8 Å². The molecule has 0 radical (unpaired) electrons. The van der Waals surface area contributed by atoms with Crippen molar-refractivity contribution in [2.75, 3.05) is 0 Å². The minimum Gasteiger partial charge on any atom is -0.393 e. The van der Waals surface area contributed by atoms with Crippen molar-refractivity contribution in [1.82, 2.24) is 0 Å². The van der Waals surface area contributed by atoms with Crippen LogP contribution in [0.4, 0.5) is 0 Å². The normalized spacial score (nSPS) is 50.1. The van der Waals surface area contributed by atoms with Gasteiger partial charge in [0.15, 0.2) is 0 Å². The summed E-state index contributed by atoms with van der Waals surface area (Å²) in [6.45, 7) is 4.62. The van der Waals surface area contributed by atoms with Crippen molar-refractivity contribution >= 4 is 0 Å². The number of hydrogen-bond acceptors (Lipinski definition) is 1. The first-order valence-corrected chi connectivity index (χ1v) is 4.30. The minimum atomic E-state index is 0.0220. The van der Waals surface area contributed by atoms with E-state index >= 15 is 0 Å². The lowest BCUT2D eigenvalue weighted by Gasteiger charge is -2.24. The van der Waals surface area contributed by atoms with E-state index in [2.05, 4.69) is 13.8 Å². The fourth-order valence-corrected chi connectivity index (χ4v) is 2.99. The first-order chi connectivity index (χ1) is 4.62. The van der Waals surface area contributed by atoms with Crippen LogP contribution >= 0.6 is 0 Å². The topological polar surface area (TPSA) is 20.2 Å². The van der Waals surface area contributed by atoms with E-state index in [1.54, 1.807) is 0 Å². The van der Waals surface area contributed by atoms with E-state index in [4.69, 9.17) is 0 Å². The highest BCUT2D eigenvalue weighted by Crippen LogP contribution is 2.57. The fraction of sp³-hybridized carbons (Fsp3) is 1.00. The molecule has 0 aliphatic heterocycles. The van der Waals surface area contributed by atoms with E-state index in [1.807, 2.05) is 0 Å². The number of aliphatic hydroxyl groups is 1. The summed E-state index contributed by atoms with van der Waals surface area (Å²) in [5.41, 5.74) is 0.444. The van der Waals surface area contributed by atoms with Crippen LogP contribution in [-0.2, 0) is 0 Å². The Morgan fingerprint density at radius 1 is 1.30 bits per heavy atom. The van der Waals surface area contributed by atoms with E-state index in [9.17, 15) is 5.11 Å². The molecule has 1 N–H and O–H groups in total. The van der Waals surface area contributed by atoms with Gasteiger partial charge in [0, 0.05) is 0 Å². The molecule has 0 saturated heterocycles. The Kier molecular flexibility index (Phi) is 1.17. The Morgan fingerprint density at radius 3 is 2.20 bits per heavy atom. The lowest BCUT2D eigenvalue weighted by Crippen LogP contribution is -2.22. The first-order valence-electron chi connectivity index (χ1n) is 4.30. The molecule has 2 aliphatic carbocycles. The Hall–Kier alpha value is -0.0400. The highest BCUT2D eigenvalue weighted by atomic mass is 16.3. The Labute approximate surface area is 62.4 Å². The van der Waals surface area contributed by atoms with Crippen LogP contribution < -0.4 is 0 Å². The molecule has 0 spiro atoms. The Morgan fingerprint density at radius 2 is 2.00 bits per heavy atom. The third kappa shape index (κ3) is 0.619. The first kappa shape index (κ1) is 6.66. The smallest absolute Gasteiger partial charge is 0.0576 e. The maximum absolute atomic E-state index is 9.55. The lowest BCUT2D eigenvalue weighted by atomic mass is 9.82. The molecule has 1 heteroatoms. The van der Waals surface area contributed by atoms with Gasteiger partial charge < -0.3 is 5.11 Å². The van der Waals surface area contributed by atoms with Crippen molar-refractivity contribution in [3.05, 3.63) is 0 Å². The molecule has 0 unspecified atom stereocenters. The second-order valence-corrected chi connectivity index (χ2v) is 4.51. The van der Waals surface area contributed by atoms with E-state index in [0.29, 0.717) is 11.3 Å². The fourth-order valence-electron chi connectivity index (χ4n) is 2.99. The number of hydrogen-bond donors (Lipinski definition) is 1. The molecule has 0 aromatic carbocycles. The summed E-state index contributed by atoms with van der Waals surface area (Å²) < 4.78 is 0. The predicted octanol–water partition coefficient (Wildman–Crippen LogP) is 1.80. The maximum Gasteiger partial charge on any atom is 0.0576 e. The summed E-state index contributed by atoms with van der Waals surface area (Å²) in [4.78, 5) is 0. The quantitative estimate of drug-likeness (QED) is 0.544. The van der Waals surface area contributed by atoms with Crippen molar-refractivity contribution in [2.24, 2.45) is 17.3 Å². The highest BCUT2D eigenvalue weighted by Gasteiger charge is 2.52. The van der Waals surface area contributed by atoms with Crippen LogP contribution in [0.25, 0.3) is 0 Å². The molecule has 0 aromatic rings. The van der Waals surface area contributed by atoms with Crippen molar-refractivity contribution in [3.63, 3.8) is 0 Å². The summed E-state index contributed by atoms with van der Waals surface area (Å²) in [5.74, 6) is 1.42. The average molecular weight is 140 g/mol. The summed E-state index contributed by atoms with van der Waals surface area (Å²) >= 11 is 0. The molecule has 1 nitrogen and oxygen atoms in total. The third-order valence-corrected chi connectivity index (χ3v) is 3.82. The molecular formula is C9H16O. The van der Waals surface area contributed by atoms with Crippen molar-refractivity contribution in [3.8, 4) is 0 Å².